The van der Waals surface area contributed by atoms with Gasteiger partial charge in [0.1, 0.15) is 12.4 Å². The first-order valence-electron chi connectivity index (χ1n) is 7.36. The van der Waals surface area contributed by atoms with Crippen LogP contribution in [0.4, 0.5) is 5.69 Å². The third-order valence-corrected chi connectivity index (χ3v) is 3.64. The molecule has 0 aromatic heterocycles. The van der Waals surface area contributed by atoms with Crippen LogP contribution in [0.5, 0.6) is 5.75 Å². The van der Waals surface area contributed by atoms with Gasteiger partial charge in [-0.2, -0.15) is 0 Å². The first kappa shape index (κ1) is 14.2. The molecule has 110 valence electrons. The molecule has 3 rings (SSSR count). The van der Waals surface area contributed by atoms with Crippen molar-refractivity contribution in [3.63, 3.8) is 0 Å². The van der Waals surface area contributed by atoms with Gasteiger partial charge in [0.15, 0.2) is 0 Å². The predicted molar refractivity (Wildman–Crippen MR) is 91.8 cm³/mol. The highest BCUT2D eigenvalue weighted by Gasteiger charge is 2.04. The van der Waals surface area contributed by atoms with E-state index >= 15 is 0 Å². The monoisotopic (exact) mass is 289 g/mol. The predicted octanol–water partition coefficient (Wildman–Crippen LogP) is 4.82. The highest BCUT2D eigenvalue weighted by molar-refractivity contribution is 5.70. The summed E-state index contributed by atoms with van der Waals surface area (Å²) < 4.78 is 5.89. The molecule has 0 amide bonds. The number of rotatable bonds is 4. The lowest BCUT2D eigenvalue weighted by molar-refractivity contribution is 0.306. The number of nitrogen functional groups attached to an aromatic ring is 1. The third kappa shape index (κ3) is 3.29. The number of hydrogen-bond donors (Lipinski definition) is 1. The van der Waals surface area contributed by atoms with Crippen molar-refractivity contribution in [2.75, 3.05) is 5.73 Å². The Morgan fingerprint density at radius 1 is 0.864 bits per heavy atom. The van der Waals surface area contributed by atoms with Crippen LogP contribution in [0.2, 0.25) is 0 Å². The second-order valence-electron chi connectivity index (χ2n) is 5.38. The normalized spacial score (nSPS) is 10.4. The van der Waals surface area contributed by atoms with Gasteiger partial charge in [0.25, 0.3) is 0 Å². The van der Waals surface area contributed by atoms with E-state index in [1.807, 2.05) is 42.5 Å². The Kier molecular flexibility index (Phi) is 4.10. The third-order valence-electron chi connectivity index (χ3n) is 3.64. The number of hydrogen-bond acceptors (Lipinski definition) is 2. The zero-order chi connectivity index (χ0) is 15.4. The van der Waals surface area contributed by atoms with Crippen molar-refractivity contribution in [2.24, 2.45) is 0 Å². The Morgan fingerprint density at radius 3 is 2.45 bits per heavy atom. The Labute approximate surface area is 131 Å². The van der Waals surface area contributed by atoms with E-state index < -0.39 is 0 Å². The van der Waals surface area contributed by atoms with E-state index in [-0.39, 0.29) is 0 Å². The number of anilines is 1. The van der Waals surface area contributed by atoms with Crippen LogP contribution < -0.4 is 10.5 Å². The van der Waals surface area contributed by atoms with Gasteiger partial charge >= 0.3 is 0 Å². The molecule has 0 fully saturated rings. The quantitative estimate of drug-likeness (QED) is 0.699. The van der Waals surface area contributed by atoms with Crippen LogP contribution in [0.3, 0.4) is 0 Å². The fourth-order valence-electron chi connectivity index (χ4n) is 2.51. The van der Waals surface area contributed by atoms with Gasteiger partial charge < -0.3 is 10.5 Å². The summed E-state index contributed by atoms with van der Waals surface area (Å²) in [6.07, 6.45) is 0. The summed E-state index contributed by atoms with van der Waals surface area (Å²) >= 11 is 0. The molecule has 0 spiro atoms. The zero-order valence-electron chi connectivity index (χ0n) is 12.6. The molecule has 0 heterocycles. The molecule has 0 aliphatic rings. The Balaban J connectivity index is 1.80. The van der Waals surface area contributed by atoms with Crippen molar-refractivity contribution >= 4 is 5.69 Å². The van der Waals surface area contributed by atoms with Crippen LogP contribution in [0.15, 0.2) is 72.8 Å². The average molecular weight is 289 g/mol. The van der Waals surface area contributed by atoms with Gasteiger partial charge in [-0.3, -0.25) is 0 Å². The van der Waals surface area contributed by atoms with E-state index in [0.29, 0.717) is 6.61 Å². The van der Waals surface area contributed by atoms with Crippen LogP contribution in [0.25, 0.3) is 11.1 Å². The van der Waals surface area contributed by atoms with Gasteiger partial charge in [0, 0.05) is 5.69 Å². The summed E-state index contributed by atoms with van der Waals surface area (Å²) in [4.78, 5) is 0. The van der Waals surface area contributed by atoms with Crippen molar-refractivity contribution in [3.05, 3.63) is 83.9 Å². The minimum atomic E-state index is 0.574. The van der Waals surface area contributed by atoms with Gasteiger partial charge in [-0.05, 0) is 53.4 Å². The first-order valence-corrected chi connectivity index (χ1v) is 7.36. The maximum absolute atomic E-state index is 5.89. The van der Waals surface area contributed by atoms with Crippen LogP contribution in [0.1, 0.15) is 11.1 Å². The molecule has 3 aromatic carbocycles. The molecule has 0 saturated carbocycles. The van der Waals surface area contributed by atoms with Crippen molar-refractivity contribution in [3.8, 4) is 16.9 Å². The van der Waals surface area contributed by atoms with Crippen molar-refractivity contribution in [1.29, 1.82) is 0 Å². The van der Waals surface area contributed by atoms with Crippen LogP contribution in [-0.4, -0.2) is 0 Å². The first-order chi connectivity index (χ1) is 10.7. The van der Waals surface area contributed by atoms with E-state index in [1.54, 1.807) is 0 Å². The zero-order valence-corrected chi connectivity index (χ0v) is 12.6. The summed E-state index contributed by atoms with van der Waals surface area (Å²) in [5, 5.41) is 0. The van der Waals surface area contributed by atoms with E-state index in [1.165, 1.54) is 11.1 Å². The summed E-state index contributed by atoms with van der Waals surface area (Å²) in [5.74, 6) is 0.873. The number of nitrogens with two attached hydrogens (primary N) is 1. The minimum Gasteiger partial charge on any atom is -0.489 e. The maximum Gasteiger partial charge on any atom is 0.120 e. The second kappa shape index (κ2) is 6.35. The second-order valence-corrected chi connectivity index (χ2v) is 5.38. The number of benzene rings is 3. The summed E-state index contributed by atoms with van der Waals surface area (Å²) in [7, 11) is 0. The molecule has 0 unspecified atom stereocenters. The molecule has 2 N–H and O–H groups in total. The smallest absolute Gasteiger partial charge is 0.120 e. The molecule has 22 heavy (non-hydrogen) atoms. The largest absolute Gasteiger partial charge is 0.489 e. The van der Waals surface area contributed by atoms with Gasteiger partial charge in [0.05, 0.1) is 0 Å². The van der Waals surface area contributed by atoms with Crippen LogP contribution in [-0.2, 0) is 6.61 Å². The lowest BCUT2D eigenvalue weighted by Gasteiger charge is -2.10. The summed E-state index contributed by atoms with van der Waals surface area (Å²) in [5.41, 5.74) is 11.3. The van der Waals surface area contributed by atoms with E-state index in [9.17, 15) is 0 Å². The Bertz CT molecular complexity index is 766. The van der Waals surface area contributed by atoms with Gasteiger partial charge in [0.2, 0.25) is 0 Å². The lowest BCUT2D eigenvalue weighted by atomic mass is 10.00. The molecular weight excluding hydrogens is 270 g/mol. The fourth-order valence-corrected chi connectivity index (χ4v) is 2.51. The maximum atomic E-state index is 5.89. The lowest BCUT2D eigenvalue weighted by Crippen LogP contribution is -1.95. The van der Waals surface area contributed by atoms with E-state index in [4.69, 9.17) is 10.5 Å². The molecule has 3 aromatic rings. The Morgan fingerprint density at radius 2 is 1.68 bits per heavy atom. The van der Waals surface area contributed by atoms with Gasteiger partial charge in [-0.25, -0.2) is 0 Å². The molecule has 0 aliphatic carbocycles. The van der Waals surface area contributed by atoms with Crippen LogP contribution >= 0.6 is 0 Å². The number of ether oxygens (including phenoxy) is 1. The highest BCUT2D eigenvalue weighted by atomic mass is 16.5. The average Bonchev–Trinajstić information content (AvgIpc) is 2.54. The van der Waals surface area contributed by atoms with Crippen LogP contribution in [0, 0.1) is 6.92 Å². The van der Waals surface area contributed by atoms with Crippen molar-refractivity contribution in [1.82, 2.24) is 0 Å². The number of aryl methyl sites for hydroxylation is 1. The molecule has 2 nitrogen and oxygen atoms in total. The van der Waals surface area contributed by atoms with E-state index in [2.05, 4.69) is 37.3 Å². The molecule has 0 bridgehead atoms. The molecule has 0 aliphatic heterocycles. The van der Waals surface area contributed by atoms with Crippen molar-refractivity contribution < 1.29 is 4.74 Å². The molecular formula is C20H19NO. The van der Waals surface area contributed by atoms with Gasteiger partial charge in [-0.1, -0.05) is 48.5 Å². The summed E-state index contributed by atoms with van der Waals surface area (Å²) in [6, 6.07) is 24.3. The molecule has 0 radical (unpaired) electrons. The van der Waals surface area contributed by atoms with Gasteiger partial charge in [-0.15, -0.1) is 0 Å². The Hall–Kier alpha value is -2.74. The molecule has 0 saturated heterocycles. The highest BCUT2D eigenvalue weighted by Crippen LogP contribution is 2.28. The topological polar surface area (TPSA) is 35.2 Å². The standard InChI is InChI=1S/C20H19NO/c1-15-12-18(21)10-11-20(15)17-8-5-9-19(13-17)22-14-16-6-3-2-4-7-16/h2-13H,14,21H2,1H3. The van der Waals surface area contributed by atoms with Crippen molar-refractivity contribution in [2.45, 2.75) is 13.5 Å². The minimum absolute atomic E-state index is 0.574. The fraction of sp³-hybridized carbons (Fsp3) is 0.100. The van der Waals surface area contributed by atoms with E-state index in [0.717, 1.165) is 22.6 Å². The molecule has 0 atom stereocenters. The summed E-state index contributed by atoms with van der Waals surface area (Å²) in [6.45, 7) is 2.65. The SMILES string of the molecule is Cc1cc(N)ccc1-c1cccc(OCc2ccccc2)c1. The molecule has 2 heteroatoms.